The number of halogens is 4. The summed E-state index contributed by atoms with van der Waals surface area (Å²) in [6.07, 6.45) is -3.71. The maximum atomic E-state index is 13.9. The maximum Gasteiger partial charge on any atom is 0.416 e. The van der Waals surface area contributed by atoms with Crippen LogP contribution in [-0.2, 0) is 10.9 Å². The fourth-order valence-electron chi connectivity index (χ4n) is 3.75. The molecule has 0 amide bonds. The van der Waals surface area contributed by atoms with Crippen molar-refractivity contribution >= 4 is 22.9 Å². The topological polar surface area (TPSA) is 48.9 Å². The maximum absolute atomic E-state index is 13.9. The summed E-state index contributed by atoms with van der Waals surface area (Å²) in [6, 6.07) is 7.77. The first kappa shape index (κ1) is 20.6. The van der Waals surface area contributed by atoms with E-state index in [1.807, 2.05) is 4.90 Å². The second kappa shape index (κ2) is 8.23. The van der Waals surface area contributed by atoms with E-state index in [-0.39, 0.29) is 6.04 Å². The van der Waals surface area contributed by atoms with Gasteiger partial charge in [-0.1, -0.05) is 0 Å². The van der Waals surface area contributed by atoms with E-state index in [0.29, 0.717) is 54.7 Å². The number of hydrogen-bond acceptors (Lipinski definition) is 5. The number of fused-ring (bicyclic) bond motifs is 2. The summed E-state index contributed by atoms with van der Waals surface area (Å²) in [7, 11) is 1.63. The molecular formula is C21H22F4N4O. The van der Waals surface area contributed by atoms with Crippen LogP contribution in [0.5, 0.6) is 0 Å². The number of hydrogen-bond donors (Lipinski definition) is 2. The van der Waals surface area contributed by atoms with Crippen LogP contribution >= 0.6 is 0 Å². The van der Waals surface area contributed by atoms with Crippen LogP contribution in [0.3, 0.4) is 0 Å². The summed E-state index contributed by atoms with van der Waals surface area (Å²) in [5, 5.41) is 6.51. The van der Waals surface area contributed by atoms with Crippen molar-refractivity contribution in [2.45, 2.75) is 18.6 Å². The summed E-state index contributed by atoms with van der Waals surface area (Å²) < 4.78 is 59.2. The van der Waals surface area contributed by atoms with Gasteiger partial charge in [-0.15, -0.1) is 0 Å². The van der Waals surface area contributed by atoms with Gasteiger partial charge in [-0.3, -0.25) is 0 Å². The molecule has 0 aliphatic carbocycles. The molecule has 4 rings (SSSR count). The second-order valence-electron chi connectivity index (χ2n) is 7.36. The molecule has 1 saturated heterocycles. The Morgan fingerprint density at radius 2 is 1.97 bits per heavy atom. The lowest BCUT2D eigenvalue weighted by Crippen LogP contribution is -2.53. The van der Waals surface area contributed by atoms with Crippen molar-refractivity contribution in [1.29, 1.82) is 0 Å². The van der Waals surface area contributed by atoms with Crippen molar-refractivity contribution in [3.8, 4) is 0 Å². The zero-order chi connectivity index (χ0) is 21.3. The predicted molar refractivity (Wildman–Crippen MR) is 107 cm³/mol. The molecule has 0 aromatic heterocycles. The third kappa shape index (κ3) is 4.27. The highest BCUT2D eigenvalue weighted by Gasteiger charge is 2.33. The van der Waals surface area contributed by atoms with E-state index in [2.05, 4.69) is 15.6 Å². The smallest absolute Gasteiger partial charge is 0.385 e. The Labute approximate surface area is 171 Å². The van der Waals surface area contributed by atoms with Crippen molar-refractivity contribution in [2.24, 2.45) is 4.99 Å². The Kier molecular flexibility index (Phi) is 5.66. The molecule has 2 aromatic carbocycles. The number of benzene rings is 2. The van der Waals surface area contributed by atoms with Gasteiger partial charge in [0.05, 0.1) is 16.9 Å². The van der Waals surface area contributed by atoms with Crippen LogP contribution in [0.1, 0.15) is 17.5 Å². The fourth-order valence-corrected chi connectivity index (χ4v) is 3.75. The highest BCUT2D eigenvalue weighted by molar-refractivity contribution is 6.08. The van der Waals surface area contributed by atoms with Gasteiger partial charge in [0.25, 0.3) is 0 Å². The largest absolute Gasteiger partial charge is 0.416 e. The van der Waals surface area contributed by atoms with Gasteiger partial charge in [-0.05, 0) is 36.8 Å². The quantitative estimate of drug-likeness (QED) is 0.725. The fraction of sp³-hybridized carbons (Fsp3) is 0.381. The molecule has 1 atom stereocenters. The van der Waals surface area contributed by atoms with Crippen molar-refractivity contribution in [3.63, 3.8) is 0 Å². The molecule has 0 saturated carbocycles. The van der Waals surface area contributed by atoms with Gasteiger partial charge in [0.2, 0.25) is 0 Å². The van der Waals surface area contributed by atoms with Crippen LogP contribution < -0.4 is 10.6 Å². The number of amidine groups is 1. The summed E-state index contributed by atoms with van der Waals surface area (Å²) in [5.41, 5.74) is 0.979. The third-order valence-corrected chi connectivity index (χ3v) is 5.27. The average Bonchev–Trinajstić information content (AvgIpc) is 2.87. The number of piperazine rings is 1. The van der Waals surface area contributed by atoms with E-state index in [4.69, 9.17) is 4.74 Å². The number of aliphatic imine (C=N–C) groups is 1. The molecule has 2 aliphatic rings. The Morgan fingerprint density at radius 1 is 1.17 bits per heavy atom. The van der Waals surface area contributed by atoms with Crippen molar-refractivity contribution in [2.75, 3.05) is 38.7 Å². The van der Waals surface area contributed by atoms with Crippen LogP contribution in [0.4, 0.5) is 34.6 Å². The summed E-state index contributed by atoms with van der Waals surface area (Å²) in [5.74, 6) is -0.0595. The monoisotopic (exact) mass is 422 g/mol. The number of alkyl halides is 3. The van der Waals surface area contributed by atoms with E-state index in [9.17, 15) is 17.6 Å². The first-order chi connectivity index (χ1) is 14.3. The molecule has 0 bridgehead atoms. The number of ether oxygens (including phenoxy) is 1. The molecule has 5 nitrogen and oxygen atoms in total. The molecule has 0 spiro atoms. The number of rotatable bonds is 3. The highest BCUT2D eigenvalue weighted by Crippen LogP contribution is 2.38. The minimum atomic E-state index is -4.48. The van der Waals surface area contributed by atoms with Gasteiger partial charge in [-0.2, -0.15) is 13.2 Å². The minimum Gasteiger partial charge on any atom is -0.385 e. The Morgan fingerprint density at radius 3 is 2.73 bits per heavy atom. The lowest BCUT2D eigenvalue weighted by atomic mass is 10.0. The SMILES string of the molecule is COCC[C@H]1CN(C2=Nc3cc(F)ccc3Nc3ccc(C(F)(F)F)cc32)CCN1. The van der Waals surface area contributed by atoms with E-state index < -0.39 is 17.6 Å². The number of nitrogens with one attached hydrogen (secondary N) is 2. The Balaban J connectivity index is 1.79. The molecule has 0 unspecified atom stereocenters. The van der Waals surface area contributed by atoms with Crippen molar-refractivity contribution in [1.82, 2.24) is 10.2 Å². The Hall–Kier alpha value is -2.65. The van der Waals surface area contributed by atoms with E-state index in [1.54, 1.807) is 7.11 Å². The van der Waals surface area contributed by atoms with Crippen molar-refractivity contribution < 1.29 is 22.3 Å². The third-order valence-electron chi connectivity index (χ3n) is 5.27. The summed E-state index contributed by atoms with van der Waals surface area (Å²) >= 11 is 0. The molecule has 2 heterocycles. The average molecular weight is 422 g/mol. The van der Waals surface area contributed by atoms with Gasteiger partial charge >= 0.3 is 6.18 Å². The summed E-state index contributed by atoms with van der Waals surface area (Å²) in [6.45, 7) is 2.36. The van der Waals surface area contributed by atoms with Gasteiger partial charge in [-0.25, -0.2) is 9.38 Å². The summed E-state index contributed by atoms with van der Waals surface area (Å²) in [4.78, 5) is 6.57. The van der Waals surface area contributed by atoms with Crippen LogP contribution in [0, 0.1) is 5.82 Å². The lowest BCUT2D eigenvalue weighted by molar-refractivity contribution is -0.137. The van der Waals surface area contributed by atoms with Crippen molar-refractivity contribution in [3.05, 3.63) is 53.3 Å². The number of nitrogens with zero attached hydrogens (tertiary/aromatic N) is 2. The first-order valence-electron chi connectivity index (χ1n) is 9.69. The molecule has 2 aromatic rings. The number of anilines is 2. The van der Waals surface area contributed by atoms with Gasteiger partial charge in [0.1, 0.15) is 11.7 Å². The molecule has 160 valence electrons. The van der Waals surface area contributed by atoms with Crippen LogP contribution in [0.25, 0.3) is 0 Å². The second-order valence-corrected chi connectivity index (χ2v) is 7.36. The van der Waals surface area contributed by atoms with Crippen LogP contribution in [0.15, 0.2) is 41.4 Å². The molecular weight excluding hydrogens is 400 g/mol. The standard InChI is InChI=1S/C21H22F4N4O/c1-30-9-6-15-12-29(8-7-26-15)20-16-10-13(21(23,24)25)2-4-17(16)27-18-5-3-14(22)11-19(18)28-20/h2-5,10-11,15,26-27H,6-9,12H2,1H3/t15-/m0/s1. The van der Waals surface area contributed by atoms with Crippen LogP contribution in [0.2, 0.25) is 0 Å². The lowest BCUT2D eigenvalue weighted by Gasteiger charge is -2.36. The van der Waals surface area contributed by atoms with Gasteiger partial charge in [0.15, 0.2) is 0 Å². The molecule has 30 heavy (non-hydrogen) atoms. The molecule has 2 aliphatic heterocycles. The van der Waals surface area contributed by atoms with E-state index in [1.165, 1.54) is 24.3 Å². The molecule has 1 fully saturated rings. The zero-order valence-corrected chi connectivity index (χ0v) is 16.4. The van der Waals surface area contributed by atoms with E-state index in [0.717, 1.165) is 18.6 Å². The van der Waals surface area contributed by atoms with Gasteiger partial charge < -0.3 is 20.3 Å². The normalized spacial score (nSPS) is 18.8. The minimum absolute atomic E-state index is 0.110. The molecule has 0 radical (unpaired) electrons. The van der Waals surface area contributed by atoms with Gasteiger partial charge in [0, 0.05) is 56.7 Å². The highest BCUT2D eigenvalue weighted by atomic mass is 19.4. The zero-order valence-electron chi connectivity index (χ0n) is 16.4. The predicted octanol–water partition coefficient (Wildman–Crippen LogP) is 4.29. The number of methoxy groups -OCH3 is 1. The first-order valence-corrected chi connectivity index (χ1v) is 9.69. The van der Waals surface area contributed by atoms with Crippen LogP contribution in [-0.4, -0.2) is 50.1 Å². The molecule has 9 heteroatoms. The van der Waals surface area contributed by atoms with E-state index >= 15 is 0 Å². The Bertz CT molecular complexity index is 961. The molecule has 2 N–H and O–H groups in total.